The Bertz CT molecular complexity index is 778. The Labute approximate surface area is 141 Å². The number of carbonyl (C=O) groups excluding carboxylic acids is 2. The molecule has 0 saturated heterocycles. The van der Waals surface area contributed by atoms with Crippen molar-refractivity contribution in [3.63, 3.8) is 0 Å². The molecule has 0 fully saturated rings. The number of carbonyl (C=O) groups is 2. The number of aryl methyl sites for hydroxylation is 3. The molecule has 0 amide bonds. The molecule has 0 unspecified atom stereocenters. The van der Waals surface area contributed by atoms with Crippen LogP contribution in [0.25, 0.3) is 0 Å². The highest BCUT2D eigenvalue weighted by Crippen LogP contribution is 2.28. The molecule has 0 saturated carbocycles. The maximum absolute atomic E-state index is 12.5. The van der Waals surface area contributed by atoms with Crippen LogP contribution in [0.5, 0.6) is 5.75 Å². The van der Waals surface area contributed by atoms with Crippen molar-refractivity contribution in [2.24, 2.45) is 0 Å². The number of hydrogen-bond acceptors (Lipinski definition) is 3. The van der Waals surface area contributed by atoms with Gasteiger partial charge < -0.3 is 4.74 Å². The van der Waals surface area contributed by atoms with Crippen LogP contribution in [0.3, 0.4) is 0 Å². The van der Waals surface area contributed by atoms with E-state index in [1.807, 2.05) is 32.9 Å². The van der Waals surface area contributed by atoms with Crippen LogP contribution in [0.2, 0.25) is 5.02 Å². The Morgan fingerprint density at radius 3 is 2.26 bits per heavy atom. The Morgan fingerprint density at radius 2 is 1.65 bits per heavy atom. The van der Waals surface area contributed by atoms with Crippen molar-refractivity contribution in [1.82, 2.24) is 0 Å². The monoisotopic (exact) mass is 330 g/mol. The van der Waals surface area contributed by atoms with Crippen LogP contribution in [0, 0.1) is 20.8 Å². The van der Waals surface area contributed by atoms with E-state index in [1.54, 1.807) is 18.2 Å². The van der Waals surface area contributed by atoms with E-state index in [9.17, 15) is 9.59 Å². The normalized spacial score (nSPS) is 10.5. The zero-order valence-corrected chi connectivity index (χ0v) is 14.5. The minimum absolute atomic E-state index is 0.210. The SMILES string of the molecule is COc1cc(C)c(Cl)cc1C(=O)CC(=O)c1ccc(C)c(C)c1. The molecule has 23 heavy (non-hydrogen) atoms. The molecule has 2 aromatic rings. The molecule has 0 N–H and O–H groups in total. The van der Waals surface area contributed by atoms with Crippen LogP contribution in [-0.4, -0.2) is 18.7 Å². The Balaban J connectivity index is 2.26. The molecule has 0 heterocycles. The topological polar surface area (TPSA) is 43.4 Å². The van der Waals surface area contributed by atoms with Crippen molar-refractivity contribution in [3.05, 3.63) is 63.2 Å². The minimum atomic E-state index is -0.299. The summed E-state index contributed by atoms with van der Waals surface area (Å²) < 4.78 is 5.23. The molecule has 4 heteroatoms. The molecule has 120 valence electrons. The van der Waals surface area contributed by atoms with Crippen LogP contribution in [0.15, 0.2) is 30.3 Å². The number of ether oxygens (including phenoxy) is 1. The molecule has 0 aromatic heterocycles. The second-order valence-electron chi connectivity index (χ2n) is 5.62. The molecule has 2 aromatic carbocycles. The van der Waals surface area contributed by atoms with Gasteiger partial charge in [-0.1, -0.05) is 23.7 Å². The number of methoxy groups -OCH3 is 1. The number of hydrogen-bond donors (Lipinski definition) is 0. The first-order valence-electron chi connectivity index (χ1n) is 7.31. The fourth-order valence-corrected chi connectivity index (χ4v) is 2.46. The van der Waals surface area contributed by atoms with E-state index in [2.05, 4.69) is 0 Å². The average Bonchev–Trinajstić information content (AvgIpc) is 2.51. The number of benzene rings is 2. The summed E-state index contributed by atoms with van der Waals surface area (Å²) in [7, 11) is 1.49. The van der Waals surface area contributed by atoms with E-state index in [1.165, 1.54) is 7.11 Å². The number of rotatable bonds is 5. The smallest absolute Gasteiger partial charge is 0.174 e. The van der Waals surface area contributed by atoms with Crippen molar-refractivity contribution < 1.29 is 14.3 Å². The van der Waals surface area contributed by atoms with Gasteiger partial charge in [0.2, 0.25) is 0 Å². The molecule has 0 radical (unpaired) electrons. The van der Waals surface area contributed by atoms with Crippen molar-refractivity contribution in [1.29, 1.82) is 0 Å². The Kier molecular flexibility index (Phi) is 5.22. The average molecular weight is 331 g/mol. The lowest BCUT2D eigenvalue weighted by molar-refractivity contribution is 0.0892. The van der Waals surface area contributed by atoms with Crippen molar-refractivity contribution in [3.8, 4) is 5.75 Å². The third kappa shape index (κ3) is 3.80. The van der Waals surface area contributed by atoms with Crippen LogP contribution in [-0.2, 0) is 0 Å². The highest BCUT2D eigenvalue weighted by Gasteiger charge is 2.19. The van der Waals surface area contributed by atoms with Gasteiger partial charge in [-0.05, 0) is 55.7 Å². The van der Waals surface area contributed by atoms with Gasteiger partial charge in [-0.15, -0.1) is 0 Å². The summed E-state index contributed by atoms with van der Waals surface area (Å²) in [5.41, 5.74) is 3.83. The molecule has 0 aliphatic rings. The van der Waals surface area contributed by atoms with Gasteiger partial charge in [0.1, 0.15) is 5.75 Å². The highest BCUT2D eigenvalue weighted by molar-refractivity contribution is 6.32. The maximum atomic E-state index is 12.5. The lowest BCUT2D eigenvalue weighted by Gasteiger charge is -2.10. The first-order valence-corrected chi connectivity index (χ1v) is 7.69. The lowest BCUT2D eigenvalue weighted by atomic mass is 9.98. The molecule has 0 spiro atoms. The first-order chi connectivity index (χ1) is 10.8. The summed E-state index contributed by atoms with van der Waals surface area (Å²) in [6, 6.07) is 8.71. The maximum Gasteiger partial charge on any atom is 0.174 e. The summed E-state index contributed by atoms with van der Waals surface area (Å²) in [6.45, 7) is 5.75. The lowest BCUT2D eigenvalue weighted by Crippen LogP contribution is -2.10. The number of Topliss-reactive ketones (excluding diaryl/α,β-unsaturated/α-hetero) is 2. The molecule has 0 aliphatic heterocycles. The van der Waals surface area contributed by atoms with Gasteiger partial charge in [0, 0.05) is 10.6 Å². The van der Waals surface area contributed by atoms with Crippen molar-refractivity contribution in [2.75, 3.05) is 7.11 Å². The van der Waals surface area contributed by atoms with E-state index in [-0.39, 0.29) is 18.0 Å². The van der Waals surface area contributed by atoms with Crippen LogP contribution in [0.4, 0.5) is 0 Å². The van der Waals surface area contributed by atoms with E-state index >= 15 is 0 Å². The second kappa shape index (κ2) is 6.97. The molecule has 2 rings (SSSR count). The molecule has 3 nitrogen and oxygen atoms in total. The van der Waals surface area contributed by atoms with Gasteiger partial charge in [0.15, 0.2) is 11.6 Å². The largest absolute Gasteiger partial charge is 0.496 e. The molecular formula is C19H19ClO3. The second-order valence-corrected chi connectivity index (χ2v) is 6.03. The molecule has 0 atom stereocenters. The molecular weight excluding hydrogens is 312 g/mol. The van der Waals surface area contributed by atoms with E-state index in [0.717, 1.165) is 16.7 Å². The summed E-state index contributed by atoms with van der Waals surface area (Å²) in [5.74, 6) is -0.0754. The van der Waals surface area contributed by atoms with Gasteiger partial charge in [0.05, 0.1) is 19.1 Å². The van der Waals surface area contributed by atoms with Crippen LogP contribution >= 0.6 is 11.6 Å². The Hall–Kier alpha value is -2.13. The summed E-state index contributed by atoms with van der Waals surface area (Å²) in [5, 5.41) is 0.479. The third-order valence-corrected chi connectivity index (χ3v) is 4.34. The standard InChI is InChI=1S/C19H19ClO3/c1-11-5-6-14(7-12(11)2)17(21)10-18(22)15-9-16(20)13(3)8-19(15)23-4/h5-9H,10H2,1-4H3. The first kappa shape index (κ1) is 17.2. The van der Waals surface area contributed by atoms with Gasteiger partial charge in [-0.3, -0.25) is 9.59 Å². The zero-order chi connectivity index (χ0) is 17.1. The van der Waals surface area contributed by atoms with Crippen LogP contribution in [0.1, 0.15) is 43.8 Å². The Morgan fingerprint density at radius 1 is 0.957 bits per heavy atom. The van der Waals surface area contributed by atoms with Crippen LogP contribution < -0.4 is 4.74 Å². The van der Waals surface area contributed by atoms with Gasteiger partial charge in [0.25, 0.3) is 0 Å². The zero-order valence-electron chi connectivity index (χ0n) is 13.7. The number of halogens is 1. The predicted octanol–water partition coefficient (Wildman–Crippen LogP) is 4.73. The fraction of sp³-hybridized carbons (Fsp3) is 0.263. The predicted molar refractivity (Wildman–Crippen MR) is 91.9 cm³/mol. The van der Waals surface area contributed by atoms with Crippen molar-refractivity contribution in [2.45, 2.75) is 27.2 Å². The third-order valence-electron chi connectivity index (χ3n) is 3.93. The summed E-state index contributed by atoms with van der Waals surface area (Å²) in [6.07, 6.45) is -0.210. The van der Waals surface area contributed by atoms with Gasteiger partial charge in [-0.25, -0.2) is 0 Å². The van der Waals surface area contributed by atoms with E-state index in [4.69, 9.17) is 16.3 Å². The molecule has 0 bridgehead atoms. The molecule has 0 aliphatic carbocycles. The minimum Gasteiger partial charge on any atom is -0.496 e. The van der Waals surface area contributed by atoms with E-state index < -0.39 is 0 Å². The van der Waals surface area contributed by atoms with Crippen molar-refractivity contribution >= 4 is 23.2 Å². The fourth-order valence-electron chi connectivity index (χ4n) is 2.30. The quantitative estimate of drug-likeness (QED) is 0.588. The summed E-state index contributed by atoms with van der Waals surface area (Å²) in [4.78, 5) is 24.8. The highest BCUT2D eigenvalue weighted by atomic mass is 35.5. The summed E-state index contributed by atoms with van der Waals surface area (Å²) >= 11 is 6.09. The number of ketones is 2. The van der Waals surface area contributed by atoms with Gasteiger partial charge >= 0.3 is 0 Å². The van der Waals surface area contributed by atoms with E-state index in [0.29, 0.717) is 21.9 Å². The van der Waals surface area contributed by atoms with Gasteiger partial charge in [-0.2, -0.15) is 0 Å².